The number of carbonyl (C=O) groups excluding carboxylic acids is 1. The smallest absolute Gasteiger partial charge is 0.269 e. The molecule has 1 aliphatic carbocycles. The second-order valence-corrected chi connectivity index (χ2v) is 5.62. The van der Waals surface area contributed by atoms with Gasteiger partial charge in [0.15, 0.2) is 0 Å². The lowest BCUT2D eigenvalue weighted by Crippen LogP contribution is -2.30. The lowest BCUT2D eigenvalue weighted by atomic mass is 10.1. The molecule has 2 unspecified atom stereocenters. The van der Waals surface area contributed by atoms with Crippen LogP contribution in [0.1, 0.15) is 29.8 Å². The molecule has 1 saturated carbocycles. The molecule has 1 N–H and O–H groups in total. The van der Waals surface area contributed by atoms with Gasteiger partial charge in [0, 0.05) is 24.6 Å². The molecular weight excluding hydrogens is 270 g/mol. The Hall–Kier alpha value is -0.840. The first kappa shape index (κ1) is 11.6. The molecule has 16 heavy (non-hydrogen) atoms. The van der Waals surface area contributed by atoms with Crippen molar-refractivity contribution in [3.63, 3.8) is 0 Å². The molecule has 4 nitrogen and oxygen atoms in total. The van der Waals surface area contributed by atoms with Crippen LogP contribution in [-0.2, 0) is 7.05 Å². The van der Waals surface area contributed by atoms with Crippen molar-refractivity contribution in [3.8, 4) is 0 Å². The van der Waals surface area contributed by atoms with Gasteiger partial charge < -0.3 is 5.32 Å². The van der Waals surface area contributed by atoms with Crippen LogP contribution in [0.15, 0.2) is 12.3 Å². The van der Waals surface area contributed by atoms with Crippen LogP contribution < -0.4 is 5.32 Å². The number of hydrogen-bond donors (Lipinski definition) is 1. The third-order valence-corrected chi connectivity index (χ3v) is 3.91. The molecule has 1 aliphatic rings. The standard InChI is InChI=1S/C11H16BrN3O/c1-15-10(4-5-14-15)11(16)13-7-8-2-3-9(12)6-8/h4-5,8-9H,2-3,6-7H2,1H3,(H,13,16). The molecular formula is C11H16BrN3O. The Kier molecular flexibility index (Phi) is 3.63. The maximum absolute atomic E-state index is 11.8. The fraction of sp³-hybridized carbons (Fsp3) is 0.636. The maximum atomic E-state index is 11.8. The zero-order chi connectivity index (χ0) is 11.5. The highest BCUT2D eigenvalue weighted by Gasteiger charge is 2.23. The quantitative estimate of drug-likeness (QED) is 0.860. The fourth-order valence-corrected chi connectivity index (χ4v) is 2.92. The third kappa shape index (κ3) is 2.64. The number of hydrogen-bond acceptors (Lipinski definition) is 2. The van der Waals surface area contributed by atoms with Gasteiger partial charge in [0.25, 0.3) is 5.91 Å². The van der Waals surface area contributed by atoms with Crippen molar-refractivity contribution in [1.29, 1.82) is 0 Å². The number of rotatable bonds is 3. The predicted molar refractivity (Wildman–Crippen MR) is 65.6 cm³/mol. The van der Waals surface area contributed by atoms with Crippen LogP contribution in [0.3, 0.4) is 0 Å². The summed E-state index contributed by atoms with van der Waals surface area (Å²) in [6.45, 7) is 0.770. The number of halogens is 1. The minimum absolute atomic E-state index is 0.0296. The van der Waals surface area contributed by atoms with Crippen molar-refractivity contribution in [2.75, 3.05) is 6.54 Å². The monoisotopic (exact) mass is 285 g/mol. The predicted octanol–water partition coefficient (Wildman–Crippen LogP) is 1.71. The van der Waals surface area contributed by atoms with Crippen LogP contribution in [-0.4, -0.2) is 27.1 Å². The largest absolute Gasteiger partial charge is 0.350 e. The summed E-state index contributed by atoms with van der Waals surface area (Å²) in [4.78, 5) is 12.4. The van der Waals surface area contributed by atoms with Gasteiger partial charge in [0.2, 0.25) is 0 Å². The number of nitrogens with zero attached hydrogens (tertiary/aromatic N) is 2. The number of nitrogens with one attached hydrogen (secondary N) is 1. The molecule has 0 spiro atoms. The Balaban J connectivity index is 1.82. The Bertz CT molecular complexity index is 377. The van der Waals surface area contributed by atoms with E-state index < -0.39 is 0 Å². The normalized spacial score (nSPS) is 24.6. The van der Waals surface area contributed by atoms with Gasteiger partial charge in [0.1, 0.15) is 5.69 Å². The molecule has 2 rings (SSSR count). The lowest BCUT2D eigenvalue weighted by Gasteiger charge is -2.10. The van der Waals surface area contributed by atoms with Crippen molar-refractivity contribution >= 4 is 21.8 Å². The second kappa shape index (κ2) is 4.99. The molecule has 1 aromatic heterocycles. The van der Waals surface area contributed by atoms with Crippen LogP contribution in [0.4, 0.5) is 0 Å². The van der Waals surface area contributed by atoms with Gasteiger partial charge in [-0.2, -0.15) is 5.10 Å². The van der Waals surface area contributed by atoms with Gasteiger partial charge in [0.05, 0.1) is 0 Å². The first-order valence-electron chi connectivity index (χ1n) is 5.57. The lowest BCUT2D eigenvalue weighted by molar-refractivity contribution is 0.0938. The molecule has 1 amide bonds. The second-order valence-electron chi connectivity index (χ2n) is 4.33. The van der Waals surface area contributed by atoms with E-state index in [1.807, 2.05) is 0 Å². The molecule has 2 atom stereocenters. The number of aryl methyl sites for hydroxylation is 1. The number of alkyl halides is 1. The van der Waals surface area contributed by atoms with Gasteiger partial charge in [-0.3, -0.25) is 9.48 Å². The van der Waals surface area contributed by atoms with E-state index in [2.05, 4.69) is 26.3 Å². The van der Waals surface area contributed by atoms with E-state index in [0.29, 0.717) is 16.4 Å². The van der Waals surface area contributed by atoms with Crippen LogP contribution in [0.25, 0.3) is 0 Å². The van der Waals surface area contributed by atoms with Crippen molar-refractivity contribution in [2.24, 2.45) is 13.0 Å². The van der Waals surface area contributed by atoms with E-state index in [4.69, 9.17) is 0 Å². The first-order valence-corrected chi connectivity index (χ1v) is 6.48. The highest BCUT2D eigenvalue weighted by atomic mass is 79.9. The van der Waals surface area contributed by atoms with E-state index in [-0.39, 0.29) is 5.91 Å². The molecule has 1 heterocycles. The summed E-state index contributed by atoms with van der Waals surface area (Å²) in [7, 11) is 1.78. The highest BCUT2D eigenvalue weighted by molar-refractivity contribution is 9.09. The maximum Gasteiger partial charge on any atom is 0.269 e. The average molecular weight is 286 g/mol. The summed E-state index contributed by atoms with van der Waals surface area (Å²) >= 11 is 3.61. The van der Waals surface area contributed by atoms with Gasteiger partial charge in [-0.05, 0) is 31.2 Å². The Labute approximate surface area is 104 Å². The van der Waals surface area contributed by atoms with Gasteiger partial charge >= 0.3 is 0 Å². The summed E-state index contributed by atoms with van der Waals surface area (Å²) in [5, 5.41) is 6.95. The average Bonchev–Trinajstić information content (AvgIpc) is 2.84. The molecule has 0 saturated heterocycles. The van der Waals surface area contributed by atoms with Crippen LogP contribution in [0.2, 0.25) is 0 Å². The van der Waals surface area contributed by atoms with E-state index in [9.17, 15) is 4.79 Å². The number of aromatic nitrogens is 2. The number of carbonyl (C=O) groups is 1. The molecule has 0 radical (unpaired) electrons. The van der Waals surface area contributed by atoms with Crippen molar-refractivity contribution < 1.29 is 4.79 Å². The van der Waals surface area contributed by atoms with Crippen molar-refractivity contribution in [1.82, 2.24) is 15.1 Å². The summed E-state index contributed by atoms with van der Waals surface area (Å²) in [5.74, 6) is 0.583. The molecule has 0 aliphatic heterocycles. The third-order valence-electron chi connectivity index (χ3n) is 3.08. The minimum atomic E-state index is -0.0296. The highest BCUT2D eigenvalue weighted by Crippen LogP contribution is 2.29. The van der Waals surface area contributed by atoms with E-state index >= 15 is 0 Å². The fourth-order valence-electron chi connectivity index (χ4n) is 2.12. The minimum Gasteiger partial charge on any atom is -0.350 e. The molecule has 1 aromatic rings. The Morgan fingerprint density at radius 1 is 1.69 bits per heavy atom. The molecule has 0 bridgehead atoms. The molecule has 0 aromatic carbocycles. The van der Waals surface area contributed by atoms with E-state index in [1.165, 1.54) is 12.8 Å². The van der Waals surface area contributed by atoms with Crippen molar-refractivity contribution in [3.05, 3.63) is 18.0 Å². The molecule has 1 fully saturated rings. The van der Waals surface area contributed by atoms with Gasteiger partial charge in [-0.1, -0.05) is 15.9 Å². The zero-order valence-electron chi connectivity index (χ0n) is 9.32. The van der Waals surface area contributed by atoms with Gasteiger partial charge in [-0.15, -0.1) is 0 Å². The number of amides is 1. The summed E-state index contributed by atoms with van der Waals surface area (Å²) in [6, 6.07) is 1.73. The molecule has 88 valence electrons. The van der Waals surface area contributed by atoms with E-state index in [0.717, 1.165) is 13.0 Å². The summed E-state index contributed by atoms with van der Waals surface area (Å²) in [5.41, 5.74) is 0.619. The molecule has 5 heteroatoms. The topological polar surface area (TPSA) is 46.9 Å². The van der Waals surface area contributed by atoms with Crippen LogP contribution in [0, 0.1) is 5.92 Å². The Morgan fingerprint density at radius 2 is 2.50 bits per heavy atom. The van der Waals surface area contributed by atoms with Crippen LogP contribution in [0.5, 0.6) is 0 Å². The van der Waals surface area contributed by atoms with Gasteiger partial charge in [-0.25, -0.2) is 0 Å². The van der Waals surface area contributed by atoms with E-state index in [1.54, 1.807) is 24.0 Å². The SMILES string of the molecule is Cn1nccc1C(=O)NCC1CCC(Br)C1. The van der Waals surface area contributed by atoms with Crippen LogP contribution >= 0.6 is 15.9 Å². The summed E-state index contributed by atoms with van der Waals surface area (Å²) < 4.78 is 1.59. The summed E-state index contributed by atoms with van der Waals surface area (Å²) in [6.07, 6.45) is 5.21. The zero-order valence-corrected chi connectivity index (χ0v) is 10.9. The van der Waals surface area contributed by atoms with Crippen molar-refractivity contribution in [2.45, 2.75) is 24.1 Å². The first-order chi connectivity index (χ1) is 7.66. The Morgan fingerprint density at radius 3 is 3.06 bits per heavy atom.